The third-order valence-electron chi connectivity index (χ3n) is 3.40. The average Bonchev–Trinajstić information content (AvgIpc) is 2.85. The second kappa shape index (κ2) is 6.67. The zero-order valence-electron chi connectivity index (χ0n) is 11.6. The highest BCUT2D eigenvalue weighted by atomic mass is 19.3. The predicted molar refractivity (Wildman–Crippen MR) is 74.9 cm³/mol. The largest absolute Gasteiger partial charge is 0.435 e. The molecule has 1 aromatic carbocycles. The Morgan fingerprint density at radius 2 is 2.19 bits per heavy atom. The SMILES string of the molecule is CC(NC(=O)C1C=CC(N)C1)c1cccc(OC(F)F)c1. The van der Waals surface area contributed by atoms with E-state index in [9.17, 15) is 13.6 Å². The second-order valence-electron chi connectivity index (χ2n) is 5.07. The van der Waals surface area contributed by atoms with Crippen molar-refractivity contribution in [1.82, 2.24) is 5.32 Å². The van der Waals surface area contributed by atoms with E-state index in [1.165, 1.54) is 12.1 Å². The van der Waals surface area contributed by atoms with Crippen LogP contribution in [0.15, 0.2) is 36.4 Å². The molecule has 0 bridgehead atoms. The smallest absolute Gasteiger partial charge is 0.387 e. The van der Waals surface area contributed by atoms with Gasteiger partial charge < -0.3 is 15.8 Å². The molecule has 0 radical (unpaired) electrons. The van der Waals surface area contributed by atoms with E-state index < -0.39 is 6.61 Å². The zero-order valence-corrected chi connectivity index (χ0v) is 11.6. The standard InChI is InChI=1S/C15H18F2N2O2/c1-9(19-14(20)11-5-6-12(18)7-11)10-3-2-4-13(8-10)21-15(16)17/h2-6,8-9,11-12,15H,7,18H2,1H3,(H,19,20). The van der Waals surface area contributed by atoms with Gasteiger partial charge in [0, 0.05) is 6.04 Å². The lowest BCUT2D eigenvalue weighted by Crippen LogP contribution is -2.32. The van der Waals surface area contributed by atoms with Gasteiger partial charge in [-0.25, -0.2) is 0 Å². The molecule has 3 unspecified atom stereocenters. The van der Waals surface area contributed by atoms with Gasteiger partial charge in [-0.1, -0.05) is 24.3 Å². The molecule has 0 spiro atoms. The summed E-state index contributed by atoms with van der Waals surface area (Å²) in [6.45, 7) is -1.08. The van der Waals surface area contributed by atoms with E-state index in [1.807, 2.05) is 6.08 Å². The summed E-state index contributed by atoms with van der Waals surface area (Å²) in [5, 5.41) is 2.85. The number of alkyl halides is 2. The van der Waals surface area contributed by atoms with Crippen molar-refractivity contribution >= 4 is 5.91 Å². The minimum absolute atomic E-state index is 0.0754. The Bertz CT molecular complexity index is 534. The van der Waals surface area contributed by atoms with Crippen LogP contribution < -0.4 is 15.8 Å². The van der Waals surface area contributed by atoms with Gasteiger partial charge in [-0.15, -0.1) is 0 Å². The minimum Gasteiger partial charge on any atom is -0.435 e. The number of hydrogen-bond donors (Lipinski definition) is 2. The number of hydrogen-bond acceptors (Lipinski definition) is 3. The number of amides is 1. The quantitative estimate of drug-likeness (QED) is 0.820. The van der Waals surface area contributed by atoms with Gasteiger partial charge >= 0.3 is 6.61 Å². The maximum absolute atomic E-state index is 12.2. The molecule has 0 aromatic heterocycles. The van der Waals surface area contributed by atoms with Crippen LogP contribution in [0.3, 0.4) is 0 Å². The molecule has 0 saturated heterocycles. The van der Waals surface area contributed by atoms with Crippen LogP contribution in [-0.2, 0) is 4.79 Å². The molecule has 3 N–H and O–H groups in total. The summed E-state index contributed by atoms with van der Waals surface area (Å²) in [6.07, 6.45) is 4.20. The van der Waals surface area contributed by atoms with Gasteiger partial charge in [0.25, 0.3) is 0 Å². The van der Waals surface area contributed by atoms with Crippen molar-refractivity contribution in [2.24, 2.45) is 11.7 Å². The van der Waals surface area contributed by atoms with E-state index in [0.717, 1.165) is 0 Å². The van der Waals surface area contributed by atoms with Crippen molar-refractivity contribution in [2.75, 3.05) is 0 Å². The van der Waals surface area contributed by atoms with Crippen molar-refractivity contribution in [3.8, 4) is 5.75 Å². The molecule has 0 heterocycles. The van der Waals surface area contributed by atoms with Crippen molar-refractivity contribution in [2.45, 2.75) is 32.0 Å². The molecule has 1 amide bonds. The number of ether oxygens (including phenoxy) is 1. The summed E-state index contributed by atoms with van der Waals surface area (Å²) in [6, 6.07) is 5.92. The zero-order chi connectivity index (χ0) is 15.4. The Balaban J connectivity index is 1.98. The van der Waals surface area contributed by atoms with E-state index in [1.54, 1.807) is 25.1 Å². The molecule has 4 nitrogen and oxygen atoms in total. The number of carbonyl (C=O) groups is 1. The fraction of sp³-hybridized carbons (Fsp3) is 0.400. The molecule has 114 valence electrons. The molecule has 0 saturated carbocycles. The maximum Gasteiger partial charge on any atom is 0.387 e. The third-order valence-corrected chi connectivity index (χ3v) is 3.40. The van der Waals surface area contributed by atoms with Gasteiger partial charge in [0.15, 0.2) is 0 Å². The maximum atomic E-state index is 12.2. The fourth-order valence-electron chi connectivity index (χ4n) is 2.29. The van der Waals surface area contributed by atoms with E-state index in [2.05, 4.69) is 10.1 Å². The Labute approximate surface area is 122 Å². The van der Waals surface area contributed by atoms with E-state index in [-0.39, 0.29) is 29.7 Å². The van der Waals surface area contributed by atoms with Gasteiger partial charge in [0.05, 0.1) is 12.0 Å². The number of rotatable bonds is 5. The minimum atomic E-state index is -2.87. The van der Waals surface area contributed by atoms with Crippen molar-refractivity contribution < 1.29 is 18.3 Å². The normalized spacial score (nSPS) is 22.3. The molecule has 1 aromatic rings. The van der Waals surface area contributed by atoms with Gasteiger partial charge in [0.1, 0.15) is 5.75 Å². The first-order chi connectivity index (χ1) is 9.95. The van der Waals surface area contributed by atoms with Crippen LogP contribution in [0, 0.1) is 5.92 Å². The van der Waals surface area contributed by atoms with Gasteiger partial charge in [-0.2, -0.15) is 8.78 Å². The summed E-state index contributed by atoms with van der Waals surface area (Å²) in [5.41, 5.74) is 6.42. The molecule has 6 heteroatoms. The van der Waals surface area contributed by atoms with Crippen LogP contribution in [-0.4, -0.2) is 18.6 Å². The Hall–Kier alpha value is -1.95. The lowest BCUT2D eigenvalue weighted by atomic mass is 10.0. The first-order valence-electron chi connectivity index (χ1n) is 6.74. The molecule has 2 rings (SSSR count). The van der Waals surface area contributed by atoms with Crippen LogP contribution >= 0.6 is 0 Å². The number of halogens is 2. The molecule has 1 aliphatic rings. The highest BCUT2D eigenvalue weighted by Gasteiger charge is 2.24. The number of nitrogens with one attached hydrogen (secondary N) is 1. The topological polar surface area (TPSA) is 64.4 Å². The Morgan fingerprint density at radius 1 is 1.43 bits per heavy atom. The number of benzene rings is 1. The third kappa shape index (κ3) is 4.26. The van der Waals surface area contributed by atoms with Crippen LogP contribution in [0.2, 0.25) is 0 Å². The summed E-state index contributed by atoms with van der Waals surface area (Å²) in [5.74, 6) is -0.277. The van der Waals surface area contributed by atoms with Gasteiger partial charge in [-0.05, 0) is 31.0 Å². The number of carbonyl (C=O) groups excluding carboxylic acids is 1. The highest BCUT2D eigenvalue weighted by molar-refractivity contribution is 5.81. The van der Waals surface area contributed by atoms with Crippen molar-refractivity contribution in [3.63, 3.8) is 0 Å². The van der Waals surface area contributed by atoms with Crippen LogP contribution in [0.25, 0.3) is 0 Å². The molecule has 0 fully saturated rings. The molecule has 0 aliphatic heterocycles. The van der Waals surface area contributed by atoms with E-state index in [0.29, 0.717) is 12.0 Å². The first-order valence-corrected chi connectivity index (χ1v) is 6.74. The summed E-state index contributed by atoms with van der Waals surface area (Å²) >= 11 is 0. The van der Waals surface area contributed by atoms with Crippen molar-refractivity contribution in [1.29, 1.82) is 0 Å². The van der Waals surface area contributed by atoms with Crippen LogP contribution in [0.1, 0.15) is 24.9 Å². The molecular formula is C15H18F2N2O2. The fourth-order valence-corrected chi connectivity index (χ4v) is 2.29. The Morgan fingerprint density at radius 3 is 2.81 bits per heavy atom. The average molecular weight is 296 g/mol. The van der Waals surface area contributed by atoms with Gasteiger partial charge in [-0.3, -0.25) is 4.79 Å². The molecular weight excluding hydrogens is 278 g/mol. The lowest BCUT2D eigenvalue weighted by molar-refractivity contribution is -0.124. The monoisotopic (exact) mass is 296 g/mol. The second-order valence-corrected chi connectivity index (χ2v) is 5.07. The van der Waals surface area contributed by atoms with Crippen LogP contribution in [0.5, 0.6) is 5.75 Å². The van der Waals surface area contributed by atoms with E-state index >= 15 is 0 Å². The molecule has 3 atom stereocenters. The van der Waals surface area contributed by atoms with Crippen molar-refractivity contribution in [3.05, 3.63) is 42.0 Å². The summed E-state index contributed by atoms with van der Waals surface area (Å²) in [7, 11) is 0. The van der Waals surface area contributed by atoms with Crippen LogP contribution in [0.4, 0.5) is 8.78 Å². The lowest BCUT2D eigenvalue weighted by Gasteiger charge is -2.18. The molecule has 21 heavy (non-hydrogen) atoms. The number of nitrogens with two attached hydrogens (primary N) is 1. The highest BCUT2D eigenvalue weighted by Crippen LogP contribution is 2.22. The predicted octanol–water partition coefficient (Wildman–Crippen LogP) is 2.37. The molecule has 1 aliphatic carbocycles. The van der Waals surface area contributed by atoms with E-state index in [4.69, 9.17) is 5.73 Å². The first kappa shape index (κ1) is 15.4. The summed E-state index contributed by atoms with van der Waals surface area (Å²) in [4.78, 5) is 12.1. The summed E-state index contributed by atoms with van der Waals surface area (Å²) < 4.78 is 28.7. The van der Waals surface area contributed by atoms with Gasteiger partial charge in [0.2, 0.25) is 5.91 Å². The Kier molecular flexibility index (Phi) is 4.90.